The molecular formula is C16H22N2O4S. The highest BCUT2D eigenvalue weighted by Gasteiger charge is 2.42. The lowest BCUT2D eigenvalue weighted by molar-refractivity contribution is -0.125. The summed E-state index contributed by atoms with van der Waals surface area (Å²) in [6.45, 7) is 5.20. The quantitative estimate of drug-likeness (QED) is 0.869. The molecule has 2 N–H and O–H groups in total. The monoisotopic (exact) mass is 338 g/mol. The van der Waals surface area contributed by atoms with E-state index in [1.165, 1.54) is 11.3 Å². The highest BCUT2D eigenvalue weighted by atomic mass is 32.1. The highest BCUT2D eigenvalue weighted by molar-refractivity contribution is 7.14. The molecule has 0 saturated carbocycles. The second-order valence-electron chi connectivity index (χ2n) is 6.09. The van der Waals surface area contributed by atoms with Crippen molar-refractivity contribution >= 4 is 23.2 Å². The predicted octanol–water partition coefficient (Wildman–Crippen LogP) is 1.45. The summed E-state index contributed by atoms with van der Waals surface area (Å²) in [7, 11) is 0. The molecule has 0 radical (unpaired) electrons. The number of hydrogen-bond acceptors (Lipinski definition) is 5. The van der Waals surface area contributed by atoms with Gasteiger partial charge in [0.25, 0.3) is 0 Å². The molecule has 6 nitrogen and oxygen atoms in total. The van der Waals surface area contributed by atoms with E-state index in [4.69, 9.17) is 4.74 Å². The van der Waals surface area contributed by atoms with Gasteiger partial charge in [-0.2, -0.15) is 0 Å². The predicted molar refractivity (Wildman–Crippen MR) is 87.0 cm³/mol. The van der Waals surface area contributed by atoms with Gasteiger partial charge in [-0.1, -0.05) is 0 Å². The lowest BCUT2D eigenvalue weighted by atomic mass is 9.85. The summed E-state index contributed by atoms with van der Waals surface area (Å²) in [6, 6.07) is 1.80. The van der Waals surface area contributed by atoms with Crippen LogP contribution < -0.4 is 5.32 Å². The van der Waals surface area contributed by atoms with Crippen LogP contribution in [0.4, 0.5) is 0 Å². The van der Waals surface area contributed by atoms with Crippen LogP contribution >= 0.6 is 11.3 Å². The first-order chi connectivity index (χ1) is 11.0. The van der Waals surface area contributed by atoms with Crippen molar-refractivity contribution in [2.24, 2.45) is 0 Å². The number of thiophene rings is 1. The molecule has 1 fully saturated rings. The molecule has 1 aromatic heterocycles. The lowest BCUT2D eigenvalue weighted by Gasteiger charge is -2.43. The van der Waals surface area contributed by atoms with Gasteiger partial charge in [-0.3, -0.25) is 9.69 Å². The van der Waals surface area contributed by atoms with Gasteiger partial charge >= 0.3 is 5.97 Å². The van der Waals surface area contributed by atoms with Gasteiger partial charge in [0.2, 0.25) is 5.91 Å². The van der Waals surface area contributed by atoms with Gasteiger partial charge in [0.1, 0.15) is 10.5 Å². The maximum absolute atomic E-state index is 11.7. The molecule has 2 aliphatic rings. The molecule has 0 aromatic carbocycles. The van der Waals surface area contributed by atoms with Gasteiger partial charge in [0.05, 0.1) is 13.2 Å². The zero-order valence-corrected chi connectivity index (χ0v) is 14.1. The van der Waals surface area contributed by atoms with E-state index < -0.39 is 5.97 Å². The maximum Gasteiger partial charge on any atom is 0.345 e. The smallest absolute Gasteiger partial charge is 0.345 e. The van der Waals surface area contributed by atoms with Crippen LogP contribution in [0, 0.1) is 0 Å². The Hall–Kier alpha value is -1.44. The Morgan fingerprint density at radius 2 is 2.17 bits per heavy atom. The zero-order chi connectivity index (χ0) is 16.4. The molecule has 0 atom stereocenters. The SMILES string of the molecule is CCNC(=O)CN1CCC2(CC1)OCCc1cc(C(=O)O)sc12. The molecule has 0 bridgehead atoms. The molecular weight excluding hydrogens is 316 g/mol. The number of ether oxygens (including phenoxy) is 1. The standard InChI is InChI=1S/C16H22N2O4S/c1-2-17-13(19)10-18-6-4-16(5-7-18)14-11(3-8-22-16)9-12(23-14)15(20)21/h9H,2-8,10H2,1H3,(H,17,19)(H,20,21). The van der Waals surface area contributed by atoms with Gasteiger partial charge in [-0.25, -0.2) is 4.79 Å². The fourth-order valence-corrected chi connectivity index (χ4v) is 4.68. The average molecular weight is 338 g/mol. The van der Waals surface area contributed by atoms with E-state index in [9.17, 15) is 14.7 Å². The molecule has 1 spiro atoms. The van der Waals surface area contributed by atoms with E-state index >= 15 is 0 Å². The van der Waals surface area contributed by atoms with Crippen molar-refractivity contribution in [1.29, 1.82) is 0 Å². The van der Waals surface area contributed by atoms with Crippen LogP contribution in [-0.2, 0) is 21.6 Å². The van der Waals surface area contributed by atoms with Crippen LogP contribution in [0.5, 0.6) is 0 Å². The second-order valence-corrected chi connectivity index (χ2v) is 7.14. The molecule has 0 unspecified atom stereocenters. The van der Waals surface area contributed by atoms with Crippen LogP contribution in [0.2, 0.25) is 0 Å². The minimum Gasteiger partial charge on any atom is -0.477 e. The third kappa shape index (κ3) is 3.27. The molecule has 3 heterocycles. The van der Waals surface area contributed by atoms with E-state index in [0.29, 0.717) is 24.6 Å². The third-order valence-corrected chi connectivity index (χ3v) is 5.94. The number of hydrogen-bond donors (Lipinski definition) is 2. The Morgan fingerprint density at radius 1 is 1.43 bits per heavy atom. The fraction of sp³-hybridized carbons (Fsp3) is 0.625. The summed E-state index contributed by atoms with van der Waals surface area (Å²) in [5.74, 6) is -0.814. The Labute approximate surface area is 139 Å². The number of carbonyl (C=O) groups is 2. The van der Waals surface area contributed by atoms with Gasteiger partial charge in [0.15, 0.2) is 0 Å². The molecule has 7 heteroatoms. The lowest BCUT2D eigenvalue weighted by Crippen LogP contribution is -2.48. The number of carboxylic acids is 1. The minimum absolute atomic E-state index is 0.0537. The van der Waals surface area contributed by atoms with Crippen LogP contribution in [0.1, 0.15) is 39.9 Å². The highest BCUT2D eigenvalue weighted by Crippen LogP contribution is 2.45. The largest absolute Gasteiger partial charge is 0.477 e. The molecule has 126 valence electrons. The molecule has 3 rings (SSSR count). The Morgan fingerprint density at radius 3 is 2.83 bits per heavy atom. The zero-order valence-electron chi connectivity index (χ0n) is 13.3. The fourth-order valence-electron chi connectivity index (χ4n) is 3.43. The van der Waals surface area contributed by atoms with E-state index in [2.05, 4.69) is 10.2 Å². The minimum atomic E-state index is -0.867. The van der Waals surface area contributed by atoms with E-state index in [0.717, 1.165) is 42.8 Å². The van der Waals surface area contributed by atoms with Crippen molar-refractivity contribution in [2.45, 2.75) is 31.8 Å². The summed E-state index contributed by atoms with van der Waals surface area (Å²) >= 11 is 1.35. The van der Waals surface area contributed by atoms with Crippen LogP contribution in [0.25, 0.3) is 0 Å². The molecule has 2 aliphatic heterocycles. The van der Waals surface area contributed by atoms with Crippen molar-refractivity contribution in [2.75, 3.05) is 32.8 Å². The maximum atomic E-state index is 11.7. The average Bonchev–Trinajstić information content (AvgIpc) is 2.96. The van der Waals surface area contributed by atoms with Gasteiger partial charge in [-0.15, -0.1) is 11.3 Å². The number of aromatic carboxylic acids is 1. The van der Waals surface area contributed by atoms with Crippen molar-refractivity contribution in [3.8, 4) is 0 Å². The van der Waals surface area contributed by atoms with Crippen molar-refractivity contribution in [1.82, 2.24) is 10.2 Å². The summed E-state index contributed by atoms with van der Waals surface area (Å²) in [5, 5.41) is 12.0. The Kier molecular flexibility index (Phi) is 4.70. The van der Waals surface area contributed by atoms with Crippen LogP contribution in [0.15, 0.2) is 6.07 Å². The molecule has 1 aromatic rings. The van der Waals surface area contributed by atoms with Crippen molar-refractivity contribution < 1.29 is 19.4 Å². The molecule has 23 heavy (non-hydrogen) atoms. The molecule has 1 amide bonds. The first-order valence-electron chi connectivity index (χ1n) is 8.03. The number of carbonyl (C=O) groups excluding carboxylic acids is 1. The van der Waals surface area contributed by atoms with Crippen molar-refractivity contribution in [3.63, 3.8) is 0 Å². The molecule has 0 aliphatic carbocycles. The van der Waals surface area contributed by atoms with Gasteiger partial charge in [0, 0.05) is 24.5 Å². The van der Waals surface area contributed by atoms with Gasteiger partial charge < -0.3 is 15.2 Å². The number of nitrogens with one attached hydrogen (secondary N) is 1. The van der Waals surface area contributed by atoms with E-state index in [-0.39, 0.29) is 11.5 Å². The number of rotatable bonds is 4. The summed E-state index contributed by atoms with van der Waals surface area (Å²) < 4.78 is 6.12. The Balaban J connectivity index is 1.71. The Bertz CT molecular complexity index is 605. The number of likely N-dealkylation sites (N-methyl/N-ethyl adjacent to an activating group) is 1. The van der Waals surface area contributed by atoms with Crippen molar-refractivity contribution in [3.05, 3.63) is 21.4 Å². The summed E-state index contributed by atoms with van der Waals surface area (Å²) in [4.78, 5) is 26.6. The van der Waals surface area contributed by atoms with E-state index in [1.54, 1.807) is 6.07 Å². The van der Waals surface area contributed by atoms with Gasteiger partial charge in [-0.05, 0) is 37.8 Å². The number of piperidine rings is 1. The first-order valence-corrected chi connectivity index (χ1v) is 8.85. The number of likely N-dealkylation sites (tertiary alicyclic amines) is 1. The van der Waals surface area contributed by atoms with E-state index in [1.807, 2.05) is 6.92 Å². The first kappa shape index (κ1) is 16.4. The van der Waals surface area contributed by atoms with Crippen LogP contribution in [-0.4, -0.2) is 54.7 Å². The normalized spacial score (nSPS) is 20.2. The summed E-state index contributed by atoms with van der Waals surface area (Å²) in [6.07, 6.45) is 2.39. The number of carboxylic acid groups (broad SMARTS) is 1. The third-order valence-electron chi connectivity index (χ3n) is 4.59. The number of amides is 1. The number of fused-ring (bicyclic) bond motifs is 2. The second kappa shape index (κ2) is 6.59. The molecule has 1 saturated heterocycles. The number of nitrogens with zero attached hydrogens (tertiary/aromatic N) is 1. The van der Waals surface area contributed by atoms with Crippen LogP contribution in [0.3, 0.4) is 0 Å². The topological polar surface area (TPSA) is 78.9 Å². The summed E-state index contributed by atoms with van der Waals surface area (Å²) in [5.41, 5.74) is 0.764.